The van der Waals surface area contributed by atoms with Crippen molar-refractivity contribution in [1.82, 2.24) is 4.90 Å². The maximum absolute atomic E-state index is 11.7. The topological polar surface area (TPSA) is 74.0 Å². The number of halogens is 1. The third kappa shape index (κ3) is 7.95. The maximum Gasteiger partial charge on any atom is 0.222 e. The normalized spacial score (nSPS) is 9.74. The Morgan fingerprint density at radius 1 is 1.09 bits per heavy atom. The van der Waals surface area contributed by atoms with Crippen LogP contribution < -0.4 is 19.9 Å². The van der Waals surface area contributed by atoms with Crippen LogP contribution in [0.25, 0.3) is 0 Å². The molecule has 0 aliphatic rings. The molecule has 0 fully saturated rings. The first kappa shape index (κ1) is 21.3. The Morgan fingerprint density at radius 2 is 1.65 bits per heavy atom. The highest BCUT2D eigenvalue weighted by Crippen LogP contribution is 2.27. The molecule has 0 heterocycles. The van der Waals surface area contributed by atoms with Gasteiger partial charge >= 0.3 is 0 Å². The molecule has 0 radical (unpaired) electrons. The van der Waals surface area contributed by atoms with Crippen molar-refractivity contribution in [3.63, 3.8) is 0 Å². The van der Waals surface area contributed by atoms with Gasteiger partial charge in [-0.25, -0.2) is 0 Å². The van der Waals surface area contributed by atoms with E-state index >= 15 is 0 Å². The summed E-state index contributed by atoms with van der Waals surface area (Å²) in [4.78, 5) is 13.4. The summed E-state index contributed by atoms with van der Waals surface area (Å²) in [5, 5.41) is 0. The Kier molecular flexibility index (Phi) is 11.0. The number of methoxy groups -OCH3 is 2. The highest BCUT2D eigenvalue weighted by molar-refractivity contribution is 5.85. The Morgan fingerprint density at radius 3 is 2.17 bits per heavy atom. The lowest BCUT2D eigenvalue weighted by atomic mass is 10.2. The van der Waals surface area contributed by atoms with Crippen molar-refractivity contribution in [3.8, 4) is 17.2 Å². The molecule has 0 aliphatic carbocycles. The molecule has 0 saturated heterocycles. The second kappa shape index (κ2) is 11.8. The molecule has 7 heteroatoms. The van der Waals surface area contributed by atoms with Gasteiger partial charge in [0, 0.05) is 38.2 Å². The van der Waals surface area contributed by atoms with Crippen molar-refractivity contribution >= 4 is 18.3 Å². The second-order valence-corrected chi connectivity index (χ2v) is 4.96. The fourth-order valence-electron chi connectivity index (χ4n) is 1.93. The maximum atomic E-state index is 11.7. The van der Waals surface area contributed by atoms with Crippen LogP contribution in [0.1, 0.15) is 19.3 Å². The number of amides is 1. The number of rotatable bonds is 10. The third-order valence-corrected chi connectivity index (χ3v) is 3.25. The summed E-state index contributed by atoms with van der Waals surface area (Å²) in [7, 11) is 4.99. The van der Waals surface area contributed by atoms with Gasteiger partial charge in [0.25, 0.3) is 0 Å². The molecule has 0 aromatic heterocycles. The molecule has 1 aromatic rings. The highest BCUT2D eigenvalue weighted by Gasteiger charge is 2.08. The van der Waals surface area contributed by atoms with Gasteiger partial charge in [-0.05, 0) is 19.4 Å². The number of hydrogen-bond acceptors (Lipinski definition) is 5. The van der Waals surface area contributed by atoms with Crippen LogP contribution in [0.2, 0.25) is 0 Å². The molecule has 0 aliphatic heterocycles. The SMILES string of the molecule is COc1cc(OC)cc(OCCCN(C)C(=O)CCCN)c1.Cl. The van der Waals surface area contributed by atoms with E-state index in [0.29, 0.717) is 43.4 Å². The Bertz CT molecular complexity index is 449. The molecule has 0 spiro atoms. The van der Waals surface area contributed by atoms with E-state index in [9.17, 15) is 4.79 Å². The van der Waals surface area contributed by atoms with E-state index in [0.717, 1.165) is 12.8 Å². The number of benzene rings is 1. The van der Waals surface area contributed by atoms with Crippen molar-refractivity contribution < 1.29 is 19.0 Å². The number of nitrogens with zero attached hydrogens (tertiary/aromatic N) is 1. The van der Waals surface area contributed by atoms with Crippen LogP contribution in [0.3, 0.4) is 0 Å². The van der Waals surface area contributed by atoms with E-state index in [1.54, 1.807) is 44.4 Å². The summed E-state index contributed by atoms with van der Waals surface area (Å²) in [5.41, 5.74) is 5.40. The van der Waals surface area contributed by atoms with Gasteiger partial charge in [0.1, 0.15) is 17.2 Å². The molecule has 0 unspecified atom stereocenters. The quantitative estimate of drug-likeness (QED) is 0.657. The van der Waals surface area contributed by atoms with Crippen LogP contribution >= 0.6 is 12.4 Å². The lowest BCUT2D eigenvalue weighted by Gasteiger charge is -2.17. The molecular weight excluding hydrogens is 320 g/mol. The average molecular weight is 347 g/mol. The number of ether oxygens (including phenoxy) is 3. The minimum absolute atomic E-state index is 0. The first-order chi connectivity index (χ1) is 10.6. The van der Waals surface area contributed by atoms with Crippen LogP contribution in [0.4, 0.5) is 0 Å². The van der Waals surface area contributed by atoms with Crippen LogP contribution in [-0.2, 0) is 4.79 Å². The minimum Gasteiger partial charge on any atom is -0.496 e. The van der Waals surface area contributed by atoms with E-state index in [1.807, 2.05) is 0 Å². The Hall–Kier alpha value is -1.66. The van der Waals surface area contributed by atoms with E-state index in [1.165, 1.54) is 0 Å². The van der Waals surface area contributed by atoms with Crippen molar-refractivity contribution in [1.29, 1.82) is 0 Å². The first-order valence-corrected chi connectivity index (χ1v) is 7.40. The molecule has 1 amide bonds. The number of nitrogens with two attached hydrogens (primary N) is 1. The summed E-state index contributed by atoms with van der Waals surface area (Å²) in [6.45, 7) is 1.72. The van der Waals surface area contributed by atoms with Gasteiger partial charge in [0.2, 0.25) is 5.91 Å². The molecule has 1 rings (SSSR count). The molecule has 6 nitrogen and oxygen atoms in total. The van der Waals surface area contributed by atoms with E-state index in [4.69, 9.17) is 19.9 Å². The summed E-state index contributed by atoms with van der Waals surface area (Å²) >= 11 is 0. The molecule has 1 aromatic carbocycles. The largest absolute Gasteiger partial charge is 0.496 e. The van der Waals surface area contributed by atoms with Gasteiger partial charge in [-0.1, -0.05) is 0 Å². The first-order valence-electron chi connectivity index (χ1n) is 7.40. The standard InChI is InChI=1S/C16H26N2O4.ClH/c1-18(16(19)6-4-7-17)8-5-9-22-15-11-13(20-2)10-14(12-15)21-3;/h10-12H,4-9,17H2,1-3H3;1H. The summed E-state index contributed by atoms with van der Waals surface area (Å²) in [6.07, 6.45) is 1.98. The van der Waals surface area contributed by atoms with Gasteiger partial charge in [-0.2, -0.15) is 0 Å². The number of hydrogen-bond donors (Lipinski definition) is 1. The molecule has 0 bridgehead atoms. The summed E-state index contributed by atoms with van der Waals surface area (Å²) in [5.74, 6) is 2.17. The highest BCUT2D eigenvalue weighted by atomic mass is 35.5. The Labute approximate surface area is 144 Å². The molecule has 2 N–H and O–H groups in total. The van der Waals surface area contributed by atoms with Crippen molar-refractivity contribution in [2.24, 2.45) is 5.73 Å². The van der Waals surface area contributed by atoms with E-state index < -0.39 is 0 Å². The van der Waals surface area contributed by atoms with E-state index in [-0.39, 0.29) is 18.3 Å². The molecule has 23 heavy (non-hydrogen) atoms. The van der Waals surface area contributed by atoms with Gasteiger partial charge < -0.3 is 24.8 Å². The third-order valence-electron chi connectivity index (χ3n) is 3.25. The van der Waals surface area contributed by atoms with Gasteiger partial charge in [0.15, 0.2) is 0 Å². The number of carbonyl (C=O) groups is 1. The molecular formula is C16H27ClN2O4. The fraction of sp³-hybridized carbons (Fsp3) is 0.562. The van der Waals surface area contributed by atoms with Gasteiger partial charge in [-0.15, -0.1) is 12.4 Å². The molecule has 0 saturated carbocycles. The fourth-order valence-corrected chi connectivity index (χ4v) is 1.93. The smallest absolute Gasteiger partial charge is 0.222 e. The lowest BCUT2D eigenvalue weighted by Crippen LogP contribution is -2.28. The summed E-state index contributed by atoms with van der Waals surface area (Å²) < 4.78 is 16.1. The van der Waals surface area contributed by atoms with Crippen LogP contribution in [0, 0.1) is 0 Å². The van der Waals surface area contributed by atoms with Crippen LogP contribution in [-0.4, -0.2) is 51.8 Å². The minimum atomic E-state index is 0. The Balaban J connectivity index is 0.00000484. The van der Waals surface area contributed by atoms with Gasteiger partial charge in [-0.3, -0.25) is 4.79 Å². The predicted octanol–water partition coefficient (Wildman–Crippen LogP) is 2.09. The zero-order valence-electron chi connectivity index (χ0n) is 14.0. The van der Waals surface area contributed by atoms with Crippen molar-refractivity contribution in [2.45, 2.75) is 19.3 Å². The molecule has 0 atom stereocenters. The van der Waals surface area contributed by atoms with E-state index in [2.05, 4.69) is 0 Å². The monoisotopic (exact) mass is 346 g/mol. The average Bonchev–Trinajstić information content (AvgIpc) is 2.55. The second-order valence-electron chi connectivity index (χ2n) is 4.96. The van der Waals surface area contributed by atoms with Gasteiger partial charge in [0.05, 0.1) is 20.8 Å². The predicted molar refractivity (Wildman–Crippen MR) is 92.8 cm³/mol. The van der Waals surface area contributed by atoms with Crippen molar-refractivity contribution in [3.05, 3.63) is 18.2 Å². The van der Waals surface area contributed by atoms with Crippen LogP contribution in [0.15, 0.2) is 18.2 Å². The van der Waals surface area contributed by atoms with Crippen molar-refractivity contribution in [2.75, 3.05) is 41.0 Å². The lowest BCUT2D eigenvalue weighted by molar-refractivity contribution is -0.130. The zero-order valence-corrected chi connectivity index (χ0v) is 14.9. The molecule has 132 valence electrons. The van der Waals surface area contributed by atoms with Crippen LogP contribution in [0.5, 0.6) is 17.2 Å². The summed E-state index contributed by atoms with van der Waals surface area (Å²) in [6, 6.07) is 5.40. The number of carbonyl (C=O) groups excluding carboxylic acids is 1. The zero-order chi connectivity index (χ0) is 16.4.